The minimum atomic E-state index is -0.0937. The van der Waals surface area contributed by atoms with Crippen molar-refractivity contribution in [2.45, 2.75) is 26.8 Å². The van der Waals surface area contributed by atoms with Crippen LogP contribution in [0.1, 0.15) is 32.4 Å². The molecule has 1 aromatic rings. The smallest absolute Gasteiger partial charge is 0.120 e. The number of benzene rings is 1. The van der Waals surface area contributed by atoms with Gasteiger partial charge in [0, 0.05) is 5.56 Å². The molecular formula is C13H21NO3. The van der Waals surface area contributed by atoms with Crippen molar-refractivity contribution >= 4 is 0 Å². The van der Waals surface area contributed by atoms with E-state index in [2.05, 4.69) is 19.3 Å². The average Bonchev–Trinajstić information content (AvgIpc) is 2.29. The summed E-state index contributed by atoms with van der Waals surface area (Å²) in [6.45, 7) is 6.72. The third-order valence-corrected chi connectivity index (χ3v) is 2.38. The summed E-state index contributed by atoms with van der Waals surface area (Å²) in [5.41, 5.74) is 3.66. The van der Waals surface area contributed by atoms with Gasteiger partial charge in [0.1, 0.15) is 11.5 Å². The molecule has 17 heavy (non-hydrogen) atoms. The van der Waals surface area contributed by atoms with Crippen molar-refractivity contribution in [3.05, 3.63) is 23.8 Å². The van der Waals surface area contributed by atoms with Gasteiger partial charge in [0.05, 0.1) is 19.8 Å². The van der Waals surface area contributed by atoms with Crippen LogP contribution >= 0.6 is 0 Å². The Hall–Kier alpha value is -1.26. The normalized spacial score (nSPS) is 12.8. The summed E-state index contributed by atoms with van der Waals surface area (Å²) in [4.78, 5) is 5.34. The molecule has 0 aliphatic rings. The molecule has 1 rings (SSSR count). The van der Waals surface area contributed by atoms with Crippen LogP contribution in [0.25, 0.3) is 0 Å². The fourth-order valence-corrected chi connectivity index (χ4v) is 1.41. The van der Waals surface area contributed by atoms with Gasteiger partial charge in [-0.3, -0.25) is 0 Å². The van der Waals surface area contributed by atoms with Gasteiger partial charge in [-0.1, -0.05) is 13.8 Å². The fraction of sp³-hybridized carbons (Fsp3) is 0.538. The highest BCUT2D eigenvalue weighted by Gasteiger charge is 2.11. The van der Waals surface area contributed by atoms with E-state index in [1.807, 2.05) is 6.92 Å². The average molecular weight is 239 g/mol. The predicted octanol–water partition coefficient (Wildman–Crippen LogP) is 2.64. The molecule has 0 aliphatic heterocycles. The van der Waals surface area contributed by atoms with E-state index >= 15 is 0 Å². The summed E-state index contributed by atoms with van der Waals surface area (Å²) in [5, 5.41) is 9.76. The number of hydrogen-bond acceptors (Lipinski definition) is 4. The van der Waals surface area contributed by atoms with Crippen molar-refractivity contribution in [2.75, 3.05) is 13.7 Å². The number of hydrogen-bond donors (Lipinski definition) is 2. The molecule has 0 bridgehead atoms. The van der Waals surface area contributed by atoms with Crippen molar-refractivity contribution in [2.24, 2.45) is 5.92 Å². The van der Waals surface area contributed by atoms with Gasteiger partial charge in [-0.2, -0.15) is 5.48 Å². The van der Waals surface area contributed by atoms with Crippen LogP contribution in [0.15, 0.2) is 18.2 Å². The molecule has 96 valence electrons. The highest BCUT2D eigenvalue weighted by molar-refractivity contribution is 5.40. The van der Waals surface area contributed by atoms with E-state index in [1.165, 1.54) is 0 Å². The van der Waals surface area contributed by atoms with Crippen LogP contribution in [0.3, 0.4) is 0 Å². The van der Waals surface area contributed by atoms with E-state index < -0.39 is 0 Å². The maximum absolute atomic E-state index is 9.76. The van der Waals surface area contributed by atoms with Crippen LogP contribution in [-0.2, 0) is 4.84 Å². The largest absolute Gasteiger partial charge is 0.508 e. The topological polar surface area (TPSA) is 50.7 Å². The number of rotatable bonds is 6. The van der Waals surface area contributed by atoms with Gasteiger partial charge in [-0.05, 0) is 31.0 Å². The molecule has 0 aliphatic carbocycles. The van der Waals surface area contributed by atoms with Crippen LogP contribution in [-0.4, -0.2) is 18.8 Å². The molecule has 1 aromatic carbocycles. The Bertz CT molecular complexity index is 353. The Morgan fingerprint density at radius 3 is 2.59 bits per heavy atom. The Labute approximate surface area is 103 Å². The molecule has 0 saturated carbocycles. The van der Waals surface area contributed by atoms with E-state index in [0.717, 1.165) is 11.3 Å². The molecule has 2 N–H and O–H groups in total. The summed E-state index contributed by atoms with van der Waals surface area (Å²) >= 11 is 0. The van der Waals surface area contributed by atoms with E-state index in [1.54, 1.807) is 25.3 Å². The molecule has 0 spiro atoms. The number of ether oxygens (including phenoxy) is 1. The van der Waals surface area contributed by atoms with Gasteiger partial charge < -0.3 is 14.7 Å². The third-order valence-electron chi connectivity index (χ3n) is 2.38. The molecule has 0 radical (unpaired) electrons. The van der Waals surface area contributed by atoms with E-state index in [9.17, 15) is 5.11 Å². The Morgan fingerprint density at radius 2 is 2.00 bits per heavy atom. The highest BCUT2D eigenvalue weighted by Crippen LogP contribution is 2.28. The van der Waals surface area contributed by atoms with Crippen molar-refractivity contribution < 1.29 is 14.7 Å². The Kier molecular flexibility index (Phi) is 5.25. The monoisotopic (exact) mass is 239 g/mol. The number of phenols is 1. The van der Waals surface area contributed by atoms with Crippen LogP contribution < -0.4 is 10.2 Å². The number of methoxy groups -OCH3 is 1. The van der Waals surface area contributed by atoms with Crippen LogP contribution in [0.5, 0.6) is 11.5 Å². The van der Waals surface area contributed by atoms with Crippen molar-refractivity contribution in [3.63, 3.8) is 0 Å². The lowest BCUT2D eigenvalue weighted by Crippen LogP contribution is -2.21. The summed E-state index contributed by atoms with van der Waals surface area (Å²) in [6.07, 6.45) is 0. The standard InChI is InChI=1S/C13H21NO3/c1-9(2)8-17-14-10(3)12-7-11(16-4)5-6-13(12)15/h5-7,9-10,14-15H,8H2,1-4H3. The maximum atomic E-state index is 9.76. The van der Waals surface area contributed by atoms with Crippen molar-refractivity contribution in [1.29, 1.82) is 0 Å². The second kappa shape index (κ2) is 6.47. The van der Waals surface area contributed by atoms with Gasteiger partial charge in [0.15, 0.2) is 0 Å². The van der Waals surface area contributed by atoms with Gasteiger partial charge >= 0.3 is 0 Å². The molecule has 4 nitrogen and oxygen atoms in total. The van der Waals surface area contributed by atoms with E-state index in [-0.39, 0.29) is 11.8 Å². The summed E-state index contributed by atoms with van der Waals surface area (Å²) in [6, 6.07) is 5.05. The summed E-state index contributed by atoms with van der Waals surface area (Å²) in [7, 11) is 1.60. The molecule has 1 atom stereocenters. The lowest BCUT2D eigenvalue weighted by Gasteiger charge is -2.17. The summed E-state index contributed by atoms with van der Waals surface area (Å²) < 4.78 is 5.12. The predicted molar refractivity (Wildman–Crippen MR) is 67.0 cm³/mol. The number of hydroxylamine groups is 1. The van der Waals surface area contributed by atoms with E-state index in [4.69, 9.17) is 9.57 Å². The molecule has 4 heteroatoms. The zero-order chi connectivity index (χ0) is 12.8. The zero-order valence-corrected chi connectivity index (χ0v) is 10.9. The van der Waals surface area contributed by atoms with Gasteiger partial charge in [-0.15, -0.1) is 0 Å². The molecular weight excluding hydrogens is 218 g/mol. The second-order valence-electron chi connectivity index (χ2n) is 4.47. The lowest BCUT2D eigenvalue weighted by atomic mass is 10.1. The molecule has 0 heterocycles. The molecule has 1 unspecified atom stereocenters. The first-order valence-corrected chi connectivity index (χ1v) is 5.78. The molecule has 0 aromatic heterocycles. The minimum absolute atomic E-state index is 0.0937. The van der Waals surface area contributed by atoms with Gasteiger partial charge in [0.25, 0.3) is 0 Å². The first-order chi connectivity index (χ1) is 8.04. The Balaban J connectivity index is 2.64. The molecule has 0 amide bonds. The van der Waals surface area contributed by atoms with Crippen molar-refractivity contribution in [1.82, 2.24) is 5.48 Å². The first-order valence-electron chi connectivity index (χ1n) is 5.78. The molecule has 0 fully saturated rings. The third kappa shape index (κ3) is 4.24. The zero-order valence-electron chi connectivity index (χ0n) is 10.9. The van der Waals surface area contributed by atoms with Gasteiger partial charge in [-0.25, -0.2) is 0 Å². The summed E-state index contributed by atoms with van der Waals surface area (Å²) in [5.74, 6) is 1.42. The highest BCUT2D eigenvalue weighted by atomic mass is 16.6. The minimum Gasteiger partial charge on any atom is -0.508 e. The SMILES string of the molecule is COc1ccc(O)c(C(C)NOCC(C)C)c1. The van der Waals surface area contributed by atoms with Crippen molar-refractivity contribution in [3.8, 4) is 11.5 Å². The second-order valence-corrected chi connectivity index (χ2v) is 4.47. The van der Waals surface area contributed by atoms with Crippen LogP contribution in [0.2, 0.25) is 0 Å². The lowest BCUT2D eigenvalue weighted by molar-refractivity contribution is 0.00365. The Morgan fingerprint density at radius 1 is 1.29 bits per heavy atom. The number of aromatic hydroxyl groups is 1. The molecule has 0 saturated heterocycles. The van der Waals surface area contributed by atoms with Crippen LogP contribution in [0, 0.1) is 5.92 Å². The first kappa shape index (κ1) is 13.8. The number of nitrogens with one attached hydrogen (secondary N) is 1. The van der Waals surface area contributed by atoms with E-state index in [0.29, 0.717) is 12.5 Å². The quantitative estimate of drug-likeness (QED) is 0.749. The van der Waals surface area contributed by atoms with Gasteiger partial charge in [0.2, 0.25) is 0 Å². The van der Waals surface area contributed by atoms with Crippen LogP contribution in [0.4, 0.5) is 0 Å². The maximum Gasteiger partial charge on any atom is 0.120 e. The fourth-order valence-electron chi connectivity index (χ4n) is 1.41. The number of phenolic OH excluding ortho intramolecular Hbond substituents is 1.